The summed E-state index contributed by atoms with van der Waals surface area (Å²) in [5.41, 5.74) is 1.09. The lowest BCUT2D eigenvalue weighted by atomic mass is 10.2. The molecular formula is C13H8BrN3O2S. The van der Waals surface area contributed by atoms with E-state index in [2.05, 4.69) is 26.0 Å². The number of hydrogen-bond donors (Lipinski definition) is 1. The van der Waals surface area contributed by atoms with Gasteiger partial charge in [-0.05, 0) is 24.3 Å². The average molecular weight is 350 g/mol. The topological polar surface area (TPSA) is 67.5 Å². The number of carboxylic acids is 1. The number of aromatic nitrogens is 3. The van der Waals surface area contributed by atoms with Crippen LogP contribution in [0.25, 0.3) is 5.52 Å². The number of benzene rings is 1. The highest BCUT2D eigenvalue weighted by molar-refractivity contribution is 9.10. The zero-order valence-electron chi connectivity index (χ0n) is 10.0. The maximum atomic E-state index is 11.3. The molecule has 20 heavy (non-hydrogen) atoms. The Bertz CT molecular complexity index is 803. The molecule has 0 amide bonds. The predicted molar refractivity (Wildman–Crippen MR) is 78.2 cm³/mol. The van der Waals surface area contributed by atoms with Gasteiger partial charge < -0.3 is 5.11 Å². The molecule has 3 rings (SSSR count). The molecule has 0 fully saturated rings. The average Bonchev–Trinajstić information content (AvgIpc) is 2.88. The fourth-order valence-corrected chi connectivity index (χ4v) is 3.32. The van der Waals surface area contributed by atoms with E-state index >= 15 is 0 Å². The van der Waals surface area contributed by atoms with Gasteiger partial charge in [-0.25, -0.2) is 14.3 Å². The summed E-state index contributed by atoms with van der Waals surface area (Å²) in [4.78, 5) is 16.2. The minimum absolute atomic E-state index is 0.251. The first-order valence-corrected chi connectivity index (χ1v) is 7.25. The predicted octanol–water partition coefficient (Wildman–Crippen LogP) is 3.34. The van der Waals surface area contributed by atoms with Gasteiger partial charge in [0.2, 0.25) is 0 Å². The molecule has 0 atom stereocenters. The van der Waals surface area contributed by atoms with Gasteiger partial charge in [0.05, 0.1) is 17.3 Å². The van der Waals surface area contributed by atoms with Crippen LogP contribution in [-0.4, -0.2) is 25.7 Å². The van der Waals surface area contributed by atoms with Crippen molar-refractivity contribution >= 4 is 39.2 Å². The minimum atomic E-state index is -0.958. The van der Waals surface area contributed by atoms with E-state index < -0.39 is 5.97 Å². The van der Waals surface area contributed by atoms with Crippen LogP contribution in [0.5, 0.6) is 0 Å². The number of carbonyl (C=O) groups is 1. The molecule has 1 N–H and O–H groups in total. The fraction of sp³-hybridized carbons (Fsp3) is 0. The van der Waals surface area contributed by atoms with Crippen molar-refractivity contribution < 1.29 is 9.90 Å². The van der Waals surface area contributed by atoms with Crippen molar-refractivity contribution in [1.29, 1.82) is 0 Å². The van der Waals surface area contributed by atoms with Crippen LogP contribution in [0.1, 0.15) is 10.4 Å². The van der Waals surface area contributed by atoms with Crippen molar-refractivity contribution in [2.45, 2.75) is 9.92 Å². The second-order valence-corrected chi connectivity index (χ2v) is 5.89. The maximum Gasteiger partial charge on any atom is 0.336 e. The Morgan fingerprint density at radius 1 is 1.30 bits per heavy atom. The van der Waals surface area contributed by atoms with E-state index in [-0.39, 0.29) is 5.56 Å². The second kappa shape index (κ2) is 5.26. The van der Waals surface area contributed by atoms with Gasteiger partial charge in [0.25, 0.3) is 0 Å². The van der Waals surface area contributed by atoms with Gasteiger partial charge in [-0.2, -0.15) is 5.10 Å². The molecule has 5 nitrogen and oxygen atoms in total. The third kappa shape index (κ3) is 2.41. The Balaban J connectivity index is 2.09. The zero-order valence-corrected chi connectivity index (χ0v) is 12.4. The van der Waals surface area contributed by atoms with Gasteiger partial charge in [0.15, 0.2) is 0 Å². The standard InChI is InChI=1S/C13H8BrN3O2S/c14-8-1-2-9(13(18)19)11(7-8)20-12-10-3-4-16-17(10)6-5-15-12/h1-7H,(H,18,19). The van der Waals surface area contributed by atoms with E-state index in [0.29, 0.717) is 9.92 Å². The van der Waals surface area contributed by atoms with Crippen LogP contribution in [0, 0.1) is 0 Å². The van der Waals surface area contributed by atoms with Crippen molar-refractivity contribution in [2.24, 2.45) is 0 Å². The van der Waals surface area contributed by atoms with E-state index in [0.717, 1.165) is 9.99 Å². The third-order valence-corrected chi connectivity index (χ3v) is 4.23. The van der Waals surface area contributed by atoms with Crippen molar-refractivity contribution in [3.05, 3.63) is 52.9 Å². The van der Waals surface area contributed by atoms with Crippen molar-refractivity contribution in [3.8, 4) is 0 Å². The number of nitrogens with zero attached hydrogens (tertiary/aromatic N) is 3. The first-order chi connectivity index (χ1) is 9.65. The van der Waals surface area contributed by atoms with Crippen LogP contribution in [0.3, 0.4) is 0 Å². The second-order valence-electron chi connectivity index (χ2n) is 3.94. The van der Waals surface area contributed by atoms with E-state index in [1.807, 2.05) is 6.07 Å². The number of carboxylic acid groups (broad SMARTS) is 1. The van der Waals surface area contributed by atoms with Crippen LogP contribution >= 0.6 is 27.7 Å². The summed E-state index contributed by atoms with van der Waals surface area (Å²) >= 11 is 4.66. The smallest absolute Gasteiger partial charge is 0.336 e. The lowest BCUT2D eigenvalue weighted by molar-refractivity contribution is 0.0693. The molecule has 0 spiro atoms. The molecule has 7 heteroatoms. The van der Waals surface area contributed by atoms with Crippen LogP contribution < -0.4 is 0 Å². The van der Waals surface area contributed by atoms with E-state index in [4.69, 9.17) is 0 Å². The molecule has 3 aromatic rings. The summed E-state index contributed by atoms with van der Waals surface area (Å²) in [6.07, 6.45) is 5.07. The fourth-order valence-electron chi connectivity index (χ4n) is 1.77. The van der Waals surface area contributed by atoms with Gasteiger partial charge in [0.1, 0.15) is 5.03 Å². The van der Waals surface area contributed by atoms with Crippen LogP contribution in [-0.2, 0) is 0 Å². The molecule has 2 heterocycles. The van der Waals surface area contributed by atoms with Gasteiger partial charge in [0, 0.05) is 21.8 Å². The largest absolute Gasteiger partial charge is 0.478 e. The number of hydrogen-bond acceptors (Lipinski definition) is 4. The summed E-state index contributed by atoms with van der Waals surface area (Å²) < 4.78 is 2.53. The Labute approximate surface area is 126 Å². The van der Waals surface area contributed by atoms with Gasteiger partial charge in [-0.15, -0.1) is 0 Å². The van der Waals surface area contributed by atoms with Crippen molar-refractivity contribution in [2.75, 3.05) is 0 Å². The SMILES string of the molecule is O=C(O)c1ccc(Br)cc1Sc1nccn2nccc12. The zero-order chi connectivity index (χ0) is 14.1. The molecule has 0 aliphatic rings. The summed E-state index contributed by atoms with van der Waals surface area (Å²) in [7, 11) is 0. The molecule has 100 valence electrons. The monoisotopic (exact) mass is 349 g/mol. The lowest BCUT2D eigenvalue weighted by Crippen LogP contribution is -1.99. The third-order valence-electron chi connectivity index (χ3n) is 2.67. The molecule has 0 radical (unpaired) electrons. The van der Waals surface area contributed by atoms with Crippen LogP contribution in [0.2, 0.25) is 0 Å². The number of halogens is 1. The number of fused-ring (bicyclic) bond motifs is 1. The maximum absolute atomic E-state index is 11.3. The van der Waals surface area contributed by atoms with E-state index in [9.17, 15) is 9.90 Å². The molecule has 0 aliphatic heterocycles. The first-order valence-electron chi connectivity index (χ1n) is 5.64. The number of aromatic carboxylic acids is 1. The van der Waals surface area contributed by atoms with Gasteiger partial charge in [-0.1, -0.05) is 27.7 Å². The minimum Gasteiger partial charge on any atom is -0.478 e. The Morgan fingerprint density at radius 2 is 2.15 bits per heavy atom. The molecule has 0 saturated heterocycles. The summed E-state index contributed by atoms with van der Waals surface area (Å²) in [6, 6.07) is 6.90. The Morgan fingerprint density at radius 3 is 2.95 bits per heavy atom. The van der Waals surface area contributed by atoms with Crippen molar-refractivity contribution in [3.63, 3.8) is 0 Å². The van der Waals surface area contributed by atoms with E-state index in [1.165, 1.54) is 11.8 Å². The molecule has 2 aromatic heterocycles. The molecule has 1 aromatic carbocycles. The lowest BCUT2D eigenvalue weighted by Gasteiger charge is -2.07. The summed E-state index contributed by atoms with van der Waals surface area (Å²) in [6.45, 7) is 0. The summed E-state index contributed by atoms with van der Waals surface area (Å²) in [5.74, 6) is -0.958. The highest BCUT2D eigenvalue weighted by Crippen LogP contribution is 2.33. The summed E-state index contributed by atoms with van der Waals surface area (Å²) in [5, 5.41) is 14.1. The molecule has 0 aliphatic carbocycles. The van der Waals surface area contributed by atoms with Gasteiger partial charge in [-0.3, -0.25) is 0 Å². The normalized spacial score (nSPS) is 10.8. The molecular weight excluding hydrogens is 342 g/mol. The molecule has 0 unspecified atom stereocenters. The Hall–Kier alpha value is -1.86. The number of rotatable bonds is 3. The molecule has 0 bridgehead atoms. The van der Waals surface area contributed by atoms with Crippen LogP contribution in [0.4, 0.5) is 0 Å². The highest BCUT2D eigenvalue weighted by Gasteiger charge is 2.14. The van der Waals surface area contributed by atoms with E-state index in [1.54, 1.807) is 41.3 Å². The molecule has 0 saturated carbocycles. The highest BCUT2D eigenvalue weighted by atomic mass is 79.9. The quantitative estimate of drug-likeness (QED) is 0.785. The van der Waals surface area contributed by atoms with Gasteiger partial charge >= 0.3 is 5.97 Å². The Kier molecular flexibility index (Phi) is 3.45. The van der Waals surface area contributed by atoms with Crippen molar-refractivity contribution in [1.82, 2.24) is 14.6 Å². The van der Waals surface area contributed by atoms with Crippen LogP contribution in [0.15, 0.2) is 57.3 Å². The first kappa shape index (κ1) is 13.1.